The number of benzene rings is 1. The Balaban J connectivity index is 1.96. The molecule has 0 unspecified atom stereocenters. The minimum Gasteiger partial charge on any atom is -0.494 e. The zero-order valence-corrected chi connectivity index (χ0v) is 12.8. The van der Waals surface area contributed by atoms with Crippen molar-refractivity contribution in [1.82, 2.24) is 9.97 Å². The Labute approximate surface area is 127 Å². The number of rotatable bonds is 5. The number of fused-ring (bicyclic) bond motifs is 1. The third-order valence-corrected chi connectivity index (χ3v) is 4.15. The van der Waals surface area contributed by atoms with Crippen LogP contribution < -0.4 is 9.47 Å². The van der Waals surface area contributed by atoms with Crippen molar-refractivity contribution in [3.63, 3.8) is 0 Å². The molecule has 108 valence electrons. The van der Waals surface area contributed by atoms with E-state index in [-0.39, 0.29) is 0 Å². The number of aromatic nitrogens is 2. The van der Waals surface area contributed by atoms with Crippen molar-refractivity contribution in [2.24, 2.45) is 0 Å². The molecule has 2 heterocycles. The summed E-state index contributed by atoms with van der Waals surface area (Å²) in [5.41, 5.74) is 0.874. The molecule has 5 heteroatoms. The summed E-state index contributed by atoms with van der Waals surface area (Å²) in [7, 11) is 1.57. The van der Waals surface area contributed by atoms with Gasteiger partial charge in [-0.15, -0.1) is 11.3 Å². The summed E-state index contributed by atoms with van der Waals surface area (Å²) in [4.78, 5) is 9.51. The van der Waals surface area contributed by atoms with E-state index >= 15 is 0 Å². The molecule has 0 aliphatic carbocycles. The molecule has 0 saturated heterocycles. The number of ether oxygens (including phenoxy) is 2. The van der Waals surface area contributed by atoms with E-state index in [2.05, 4.69) is 35.1 Å². The molecule has 4 nitrogen and oxygen atoms in total. The van der Waals surface area contributed by atoms with Gasteiger partial charge in [0.2, 0.25) is 0 Å². The van der Waals surface area contributed by atoms with Gasteiger partial charge >= 0.3 is 6.01 Å². The van der Waals surface area contributed by atoms with E-state index in [4.69, 9.17) is 9.47 Å². The molecular weight excluding hydrogens is 284 g/mol. The van der Waals surface area contributed by atoms with E-state index in [1.54, 1.807) is 24.6 Å². The third-order valence-electron chi connectivity index (χ3n) is 3.03. The molecule has 2 aromatic heterocycles. The molecule has 0 radical (unpaired) electrons. The molecule has 0 amide bonds. The summed E-state index contributed by atoms with van der Waals surface area (Å²) in [6, 6.07) is 10.6. The largest absolute Gasteiger partial charge is 0.494 e. The molecule has 1 aromatic carbocycles. The van der Waals surface area contributed by atoms with Crippen molar-refractivity contribution in [3.05, 3.63) is 36.5 Å². The zero-order valence-electron chi connectivity index (χ0n) is 12.0. The Bertz CT molecular complexity index is 755. The van der Waals surface area contributed by atoms with Gasteiger partial charge in [0.1, 0.15) is 5.75 Å². The molecule has 0 aliphatic heterocycles. The van der Waals surface area contributed by atoms with Gasteiger partial charge in [0, 0.05) is 10.9 Å². The molecule has 0 saturated carbocycles. The van der Waals surface area contributed by atoms with Gasteiger partial charge in [-0.3, -0.25) is 0 Å². The Kier molecular flexibility index (Phi) is 4.01. The first-order chi connectivity index (χ1) is 10.3. The van der Waals surface area contributed by atoms with E-state index in [9.17, 15) is 0 Å². The maximum atomic E-state index is 5.68. The van der Waals surface area contributed by atoms with Crippen LogP contribution in [0.15, 0.2) is 36.5 Å². The van der Waals surface area contributed by atoms with Crippen LogP contribution in [-0.2, 0) is 0 Å². The van der Waals surface area contributed by atoms with Gasteiger partial charge in [0.15, 0.2) is 0 Å². The minimum absolute atomic E-state index is 0.386. The maximum absolute atomic E-state index is 5.68. The highest BCUT2D eigenvalue weighted by Crippen LogP contribution is 2.34. The monoisotopic (exact) mass is 300 g/mol. The number of hydrogen-bond acceptors (Lipinski definition) is 5. The fourth-order valence-corrected chi connectivity index (χ4v) is 3.08. The highest BCUT2D eigenvalue weighted by Gasteiger charge is 2.08. The van der Waals surface area contributed by atoms with Gasteiger partial charge in [-0.05, 0) is 42.1 Å². The molecule has 0 N–H and O–H groups in total. The number of thiophene rings is 1. The molecule has 0 bridgehead atoms. The van der Waals surface area contributed by atoms with Crippen LogP contribution in [0.25, 0.3) is 20.7 Å². The van der Waals surface area contributed by atoms with Gasteiger partial charge in [-0.25, -0.2) is 4.98 Å². The lowest BCUT2D eigenvalue weighted by molar-refractivity contribution is 0.318. The van der Waals surface area contributed by atoms with Crippen LogP contribution in [0, 0.1) is 0 Å². The summed E-state index contributed by atoms with van der Waals surface area (Å²) in [6.07, 6.45) is 2.72. The first-order valence-corrected chi connectivity index (χ1v) is 7.65. The van der Waals surface area contributed by atoms with Crippen LogP contribution in [0.4, 0.5) is 0 Å². The second-order valence-electron chi connectivity index (χ2n) is 4.59. The van der Waals surface area contributed by atoms with Crippen molar-refractivity contribution in [2.75, 3.05) is 13.7 Å². The Morgan fingerprint density at radius 3 is 2.90 bits per heavy atom. The fraction of sp³-hybridized carbons (Fsp3) is 0.250. The molecule has 0 spiro atoms. The summed E-state index contributed by atoms with van der Waals surface area (Å²) in [5, 5.41) is 1.19. The lowest BCUT2D eigenvalue weighted by Crippen LogP contribution is -1.93. The Morgan fingerprint density at radius 2 is 2.10 bits per heavy atom. The van der Waals surface area contributed by atoms with Crippen LogP contribution in [0.2, 0.25) is 0 Å². The number of methoxy groups -OCH3 is 1. The number of nitrogens with zero attached hydrogens (tertiary/aromatic N) is 2. The van der Waals surface area contributed by atoms with E-state index in [1.807, 2.05) is 12.1 Å². The van der Waals surface area contributed by atoms with Crippen molar-refractivity contribution in [3.8, 4) is 22.3 Å². The average molecular weight is 300 g/mol. The quantitative estimate of drug-likeness (QED) is 0.710. The summed E-state index contributed by atoms with van der Waals surface area (Å²) >= 11 is 1.69. The van der Waals surface area contributed by atoms with E-state index in [0.717, 1.165) is 29.3 Å². The highest BCUT2D eigenvalue weighted by atomic mass is 32.1. The maximum Gasteiger partial charge on any atom is 0.316 e. The SMILES string of the molecule is CCCOc1ccc2cc(-c3ccnc(OC)n3)sc2c1. The predicted octanol–water partition coefficient (Wildman–Crippen LogP) is 4.16. The first-order valence-electron chi connectivity index (χ1n) is 6.84. The smallest absolute Gasteiger partial charge is 0.316 e. The third kappa shape index (κ3) is 2.97. The van der Waals surface area contributed by atoms with Crippen molar-refractivity contribution < 1.29 is 9.47 Å². The van der Waals surface area contributed by atoms with Crippen LogP contribution in [-0.4, -0.2) is 23.7 Å². The van der Waals surface area contributed by atoms with Gasteiger partial charge in [-0.1, -0.05) is 6.92 Å². The molecular formula is C16H16N2O2S. The summed E-state index contributed by atoms with van der Waals surface area (Å²) < 4.78 is 11.9. The molecule has 3 rings (SSSR count). The lowest BCUT2D eigenvalue weighted by atomic mass is 10.2. The van der Waals surface area contributed by atoms with Gasteiger partial charge in [-0.2, -0.15) is 4.98 Å². The Hall–Kier alpha value is -2.14. The second-order valence-corrected chi connectivity index (χ2v) is 5.67. The van der Waals surface area contributed by atoms with Crippen LogP contribution in [0.5, 0.6) is 11.8 Å². The zero-order chi connectivity index (χ0) is 14.7. The summed E-state index contributed by atoms with van der Waals surface area (Å²) in [6.45, 7) is 2.84. The summed E-state index contributed by atoms with van der Waals surface area (Å²) in [5.74, 6) is 0.915. The van der Waals surface area contributed by atoms with Crippen molar-refractivity contribution >= 4 is 21.4 Å². The second kappa shape index (κ2) is 6.10. The van der Waals surface area contributed by atoms with Gasteiger partial charge < -0.3 is 9.47 Å². The molecule has 3 aromatic rings. The molecule has 0 fully saturated rings. The van der Waals surface area contributed by atoms with E-state index in [1.165, 1.54) is 10.1 Å². The van der Waals surface area contributed by atoms with E-state index in [0.29, 0.717) is 6.01 Å². The van der Waals surface area contributed by atoms with Crippen LogP contribution in [0.3, 0.4) is 0 Å². The van der Waals surface area contributed by atoms with Crippen molar-refractivity contribution in [2.45, 2.75) is 13.3 Å². The lowest BCUT2D eigenvalue weighted by Gasteiger charge is -2.03. The highest BCUT2D eigenvalue weighted by molar-refractivity contribution is 7.22. The van der Waals surface area contributed by atoms with Crippen LogP contribution >= 0.6 is 11.3 Å². The number of hydrogen-bond donors (Lipinski definition) is 0. The van der Waals surface area contributed by atoms with E-state index < -0.39 is 0 Å². The Morgan fingerprint density at radius 1 is 1.19 bits per heavy atom. The average Bonchev–Trinajstić information content (AvgIpc) is 2.96. The normalized spacial score (nSPS) is 10.8. The van der Waals surface area contributed by atoms with Crippen molar-refractivity contribution in [1.29, 1.82) is 0 Å². The molecule has 0 aliphatic rings. The first kappa shape index (κ1) is 13.8. The topological polar surface area (TPSA) is 44.2 Å². The molecule has 21 heavy (non-hydrogen) atoms. The minimum atomic E-state index is 0.386. The van der Waals surface area contributed by atoms with Gasteiger partial charge in [0.25, 0.3) is 0 Å². The fourth-order valence-electron chi connectivity index (χ4n) is 2.02. The molecule has 0 atom stereocenters. The standard InChI is InChI=1S/C16H16N2O2S/c1-3-8-20-12-5-4-11-9-15(21-14(11)10-12)13-6-7-17-16(18-13)19-2/h4-7,9-10H,3,8H2,1-2H3. The predicted molar refractivity (Wildman–Crippen MR) is 85.2 cm³/mol. The van der Waals surface area contributed by atoms with Crippen LogP contribution in [0.1, 0.15) is 13.3 Å². The van der Waals surface area contributed by atoms with Gasteiger partial charge in [0.05, 0.1) is 24.3 Å².